The summed E-state index contributed by atoms with van der Waals surface area (Å²) in [6, 6.07) is 19.7. The maximum atomic E-state index is 12.3. The average molecular weight is 378 g/mol. The highest BCUT2D eigenvalue weighted by Crippen LogP contribution is 2.35. The summed E-state index contributed by atoms with van der Waals surface area (Å²) in [5.41, 5.74) is 3.43. The summed E-state index contributed by atoms with van der Waals surface area (Å²) in [6.07, 6.45) is 2.89. The monoisotopic (exact) mass is 378 g/mol. The Labute approximate surface area is 161 Å². The molecule has 0 unspecified atom stereocenters. The first-order valence-corrected chi connectivity index (χ1v) is 9.74. The zero-order valence-corrected chi connectivity index (χ0v) is 15.5. The van der Waals surface area contributed by atoms with Crippen molar-refractivity contribution in [2.45, 2.75) is 11.0 Å². The van der Waals surface area contributed by atoms with E-state index in [1.807, 2.05) is 66.9 Å². The minimum atomic E-state index is -0.741. The highest BCUT2D eigenvalue weighted by Gasteiger charge is 2.27. The lowest BCUT2D eigenvalue weighted by Gasteiger charge is -2.25. The van der Waals surface area contributed by atoms with Gasteiger partial charge in [0.25, 0.3) is 5.91 Å². The number of hydrazone groups is 1. The quantitative estimate of drug-likeness (QED) is 0.426. The number of hydrogen-bond donors (Lipinski definition) is 1. The molecule has 1 aliphatic rings. The van der Waals surface area contributed by atoms with Crippen molar-refractivity contribution < 1.29 is 14.3 Å². The first-order valence-electron chi connectivity index (χ1n) is 8.52. The van der Waals surface area contributed by atoms with Gasteiger partial charge in [-0.25, -0.2) is 5.43 Å². The molecule has 0 radical (unpaired) electrons. The van der Waals surface area contributed by atoms with E-state index in [1.165, 1.54) is 4.90 Å². The van der Waals surface area contributed by atoms with Crippen LogP contribution in [0.25, 0.3) is 10.8 Å². The lowest BCUT2D eigenvalue weighted by molar-refractivity contribution is -0.130. The van der Waals surface area contributed by atoms with Crippen molar-refractivity contribution in [1.82, 2.24) is 5.43 Å². The number of rotatable bonds is 4. The lowest BCUT2D eigenvalue weighted by atomic mass is 10.1. The van der Waals surface area contributed by atoms with Crippen molar-refractivity contribution in [1.29, 1.82) is 0 Å². The Balaban J connectivity index is 1.41. The topological polar surface area (TPSA) is 59.9 Å². The molecule has 3 aromatic carbocycles. The maximum absolute atomic E-state index is 12.3. The summed E-state index contributed by atoms with van der Waals surface area (Å²) in [5, 5.41) is 6.12. The van der Waals surface area contributed by atoms with Gasteiger partial charge in [-0.3, -0.25) is 4.79 Å². The van der Waals surface area contributed by atoms with Crippen LogP contribution in [0.1, 0.15) is 5.56 Å². The maximum Gasteiger partial charge on any atom is 0.284 e. The molecule has 1 heterocycles. The second-order valence-corrected chi connectivity index (χ2v) is 6.95. The predicted molar refractivity (Wildman–Crippen MR) is 108 cm³/mol. The number of fused-ring (bicyclic) bond motifs is 2. The van der Waals surface area contributed by atoms with Gasteiger partial charge in [-0.15, -0.1) is 11.8 Å². The van der Waals surface area contributed by atoms with Gasteiger partial charge < -0.3 is 9.47 Å². The third kappa shape index (κ3) is 3.90. The molecule has 6 heteroatoms. The third-order valence-corrected chi connectivity index (χ3v) is 5.01. The first-order chi connectivity index (χ1) is 13.2. The highest BCUT2D eigenvalue weighted by molar-refractivity contribution is 7.98. The molecule has 0 spiro atoms. The number of carbonyl (C=O) groups is 1. The second-order valence-electron chi connectivity index (χ2n) is 6.07. The normalized spacial score (nSPS) is 15.8. The SMILES string of the molecule is CSc1ccc(C=NNC(=O)[C@@H]2COc3cc4ccccc4cc3O2)cc1. The van der Waals surface area contributed by atoms with Gasteiger partial charge in [-0.05, 0) is 46.9 Å². The van der Waals surface area contributed by atoms with Crippen LogP contribution in [0.3, 0.4) is 0 Å². The van der Waals surface area contributed by atoms with Gasteiger partial charge in [0.05, 0.1) is 6.21 Å². The van der Waals surface area contributed by atoms with Crippen LogP contribution >= 0.6 is 11.8 Å². The van der Waals surface area contributed by atoms with Crippen molar-refractivity contribution in [2.24, 2.45) is 5.10 Å². The number of hydrogen-bond acceptors (Lipinski definition) is 5. The standard InChI is InChI=1S/C21H18N2O3S/c1-27-17-8-6-14(7-9-17)12-22-23-21(24)20-13-25-18-10-15-4-2-3-5-16(15)11-19(18)26-20/h2-12,20H,13H2,1H3,(H,23,24)/t20-/m0/s1. The van der Waals surface area contributed by atoms with Crippen LogP contribution in [0, 0.1) is 0 Å². The van der Waals surface area contributed by atoms with Gasteiger partial charge in [-0.1, -0.05) is 36.4 Å². The minimum Gasteiger partial charge on any atom is -0.485 e. The molecule has 5 nitrogen and oxygen atoms in total. The summed E-state index contributed by atoms with van der Waals surface area (Å²) in [6.45, 7) is 0.148. The number of benzene rings is 3. The fraction of sp³-hybridized carbons (Fsp3) is 0.143. The average Bonchev–Trinajstić information content (AvgIpc) is 2.72. The second kappa shape index (κ2) is 7.72. The van der Waals surface area contributed by atoms with Gasteiger partial charge in [0.15, 0.2) is 11.5 Å². The zero-order valence-electron chi connectivity index (χ0n) is 14.7. The van der Waals surface area contributed by atoms with Crippen LogP contribution < -0.4 is 14.9 Å². The minimum absolute atomic E-state index is 0.148. The van der Waals surface area contributed by atoms with Crippen molar-refractivity contribution >= 4 is 34.7 Å². The summed E-state index contributed by atoms with van der Waals surface area (Å²) in [4.78, 5) is 13.5. The van der Waals surface area contributed by atoms with Crippen LogP contribution in [-0.4, -0.2) is 31.1 Å². The van der Waals surface area contributed by atoms with Crippen molar-refractivity contribution in [2.75, 3.05) is 12.9 Å². The Morgan fingerprint density at radius 1 is 1.11 bits per heavy atom. The largest absolute Gasteiger partial charge is 0.485 e. The molecule has 3 aromatic rings. The van der Waals surface area contributed by atoms with E-state index in [1.54, 1.807) is 18.0 Å². The van der Waals surface area contributed by atoms with E-state index in [0.717, 1.165) is 16.3 Å². The molecule has 0 saturated heterocycles. The Hall–Kier alpha value is -2.99. The Morgan fingerprint density at radius 2 is 1.81 bits per heavy atom. The van der Waals surface area contributed by atoms with E-state index in [-0.39, 0.29) is 12.5 Å². The van der Waals surface area contributed by atoms with E-state index in [2.05, 4.69) is 10.5 Å². The Bertz CT molecular complexity index is 1000. The Kier molecular flexibility index (Phi) is 4.98. The molecule has 0 aliphatic carbocycles. The van der Waals surface area contributed by atoms with E-state index in [9.17, 15) is 4.79 Å². The molecule has 0 aromatic heterocycles. The lowest BCUT2D eigenvalue weighted by Crippen LogP contribution is -2.42. The van der Waals surface area contributed by atoms with Crippen LogP contribution in [0.15, 0.2) is 70.7 Å². The smallest absolute Gasteiger partial charge is 0.284 e. The molecular formula is C21H18N2O3S. The molecule has 1 atom stereocenters. The number of nitrogens with one attached hydrogen (secondary N) is 1. The number of thioether (sulfide) groups is 1. The molecular weight excluding hydrogens is 360 g/mol. The number of amides is 1. The fourth-order valence-corrected chi connectivity index (χ4v) is 3.23. The third-order valence-electron chi connectivity index (χ3n) is 4.27. The van der Waals surface area contributed by atoms with Gasteiger partial charge in [0.1, 0.15) is 6.61 Å². The van der Waals surface area contributed by atoms with Crippen LogP contribution in [0.4, 0.5) is 0 Å². The molecule has 1 aliphatic heterocycles. The van der Waals surface area contributed by atoms with E-state index in [4.69, 9.17) is 9.47 Å². The van der Waals surface area contributed by atoms with E-state index >= 15 is 0 Å². The van der Waals surface area contributed by atoms with E-state index in [0.29, 0.717) is 11.5 Å². The summed E-state index contributed by atoms with van der Waals surface area (Å²) >= 11 is 1.68. The van der Waals surface area contributed by atoms with Gasteiger partial charge >= 0.3 is 0 Å². The molecule has 1 amide bonds. The molecule has 27 heavy (non-hydrogen) atoms. The van der Waals surface area contributed by atoms with Crippen molar-refractivity contribution in [3.63, 3.8) is 0 Å². The summed E-state index contributed by atoms with van der Waals surface area (Å²) < 4.78 is 11.5. The number of carbonyl (C=O) groups excluding carboxylic acids is 1. The number of ether oxygens (including phenoxy) is 2. The van der Waals surface area contributed by atoms with Gasteiger partial charge in [0, 0.05) is 4.90 Å². The van der Waals surface area contributed by atoms with E-state index < -0.39 is 6.10 Å². The van der Waals surface area contributed by atoms with Crippen molar-refractivity contribution in [3.05, 3.63) is 66.2 Å². The fourth-order valence-electron chi connectivity index (χ4n) is 2.82. The van der Waals surface area contributed by atoms with Crippen molar-refractivity contribution in [3.8, 4) is 11.5 Å². The molecule has 0 saturated carbocycles. The molecule has 4 rings (SSSR count). The van der Waals surface area contributed by atoms with Crippen LogP contribution in [-0.2, 0) is 4.79 Å². The van der Waals surface area contributed by atoms with Gasteiger partial charge in [-0.2, -0.15) is 5.10 Å². The first kappa shape index (κ1) is 17.4. The Morgan fingerprint density at radius 3 is 2.52 bits per heavy atom. The van der Waals surface area contributed by atoms with Gasteiger partial charge in [0.2, 0.25) is 6.10 Å². The molecule has 0 bridgehead atoms. The number of nitrogens with zero attached hydrogens (tertiary/aromatic N) is 1. The van der Waals surface area contributed by atoms with Crippen LogP contribution in [0.5, 0.6) is 11.5 Å². The molecule has 0 fully saturated rings. The summed E-state index contributed by atoms with van der Waals surface area (Å²) in [7, 11) is 0. The zero-order chi connectivity index (χ0) is 18.6. The highest BCUT2D eigenvalue weighted by atomic mass is 32.2. The molecule has 1 N–H and O–H groups in total. The predicted octanol–water partition coefficient (Wildman–Crippen LogP) is 3.85. The van der Waals surface area contributed by atoms with Crippen LogP contribution in [0.2, 0.25) is 0 Å². The summed E-state index contributed by atoms with van der Waals surface area (Å²) in [5.74, 6) is 0.873. The molecule has 136 valence electrons.